The van der Waals surface area contributed by atoms with Crippen LogP contribution in [0.15, 0.2) is 54.6 Å². The maximum atomic E-state index is 12.6. The minimum atomic E-state index is -0.689. The van der Waals surface area contributed by atoms with Gasteiger partial charge in [0.05, 0.1) is 11.3 Å². The van der Waals surface area contributed by atoms with E-state index in [1.165, 1.54) is 0 Å². The number of anilines is 1. The van der Waals surface area contributed by atoms with Crippen molar-refractivity contribution < 1.29 is 14.6 Å². The minimum Gasteiger partial charge on any atom is -0.487 e. The highest BCUT2D eigenvalue weighted by Gasteiger charge is 2.27. The zero-order valence-electron chi connectivity index (χ0n) is 15.1. The van der Waals surface area contributed by atoms with Gasteiger partial charge in [-0.1, -0.05) is 42.5 Å². The first-order valence-electron chi connectivity index (χ1n) is 9.08. The van der Waals surface area contributed by atoms with Crippen LogP contribution in [-0.2, 0) is 6.61 Å². The largest absolute Gasteiger partial charge is 0.487 e. The van der Waals surface area contributed by atoms with E-state index in [0.717, 1.165) is 12.0 Å². The number of amides is 2. The molecule has 5 nitrogen and oxygen atoms in total. The van der Waals surface area contributed by atoms with Gasteiger partial charge in [0.15, 0.2) is 0 Å². The highest BCUT2D eigenvalue weighted by atomic mass is 16.5. The molecule has 0 aromatic heterocycles. The van der Waals surface area contributed by atoms with Crippen LogP contribution in [0, 0.1) is 0 Å². The van der Waals surface area contributed by atoms with E-state index in [2.05, 4.69) is 5.32 Å². The van der Waals surface area contributed by atoms with Crippen LogP contribution in [0.4, 0.5) is 10.5 Å². The molecule has 2 aromatic carbocycles. The van der Waals surface area contributed by atoms with Crippen molar-refractivity contribution in [3.05, 3.63) is 60.2 Å². The van der Waals surface area contributed by atoms with Gasteiger partial charge in [0.25, 0.3) is 0 Å². The highest BCUT2D eigenvalue weighted by molar-refractivity contribution is 5.91. The lowest BCUT2D eigenvalue weighted by Crippen LogP contribution is -2.36. The predicted octanol–water partition coefficient (Wildman–Crippen LogP) is 4.03. The predicted molar refractivity (Wildman–Crippen MR) is 102 cm³/mol. The number of nitrogens with zero attached hydrogens (tertiary/aromatic N) is 1. The van der Waals surface area contributed by atoms with Crippen LogP contribution in [0.2, 0.25) is 0 Å². The lowest BCUT2D eigenvalue weighted by molar-refractivity contribution is 0.0458. The van der Waals surface area contributed by atoms with Gasteiger partial charge in [-0.2, -0.15) is 0 Å². The number of urea groups is 1. The summed E-state index contributed by atoms with van der Waals surface area (Å²) >= 11 is 0. The maximum absolute atomic E-state index is 12.6. The molecule has 3 rings (SSSR count). The monoisotopic (exact) mass is 354 g/mol. The molecule has 0 radical (unpaired) electrons. The number of likely N-dealkylation sites (tertiary alicyclic amines) is 1. The van der Waals surface area contributed by atoms with Gasteiger partial charge >= 0.3 is 6.03 Å². The summed E-state index contributed by atoms with van der Waals surface area (Å²) in [6.07, 6.45) is 2.10. The first kappa shape index (κ1) is 18.3. The van der Waals surface area contributed by atoms with Gasteiger partial charge in [-0.3, -0.25) is 0 Å². The van der Waals surface area contributed by atoms with E-state index < -0.39 is 5.60 Å². The van der Waals surface area contributed by atoms with E-state index >= 15 is 0 Å². The van der Waals surface area contributed by atoms with Crippen LogP contribution in [-0.4, -0.2) is 34.7 Å². The Balaban J connectivity index is 1.63. The van der Waals surface area contributed by atoms with Gasteiger partial charge in [0, 0.05) is 13.1 Å². The van der Waals surface area contributed by atoms with Crippen LogP contribution in [0.1, 0.15) is 31.7 Å². The van der Waals surface area contributed by atoms with Crippen LogP contribution < -0.4 is 10.1 Å². The van der Waals surface area contributed by atoms with E-state index in [9.17, 15) is 9.90 Å². The van der Waals surface area contributed by atoms with Gasteiger partial charge in [0.2, 0.25) is 0 Å². The number of aliphatic hydroxyl groups is 1. The van der Waals surface area contributed by atoms with Crippen molar-refractivity contribution >= 4 is 11.7 Å². The SMILES string of the molecule is CC1(O)CCCN(C(=O)Nc2ccccc2OCc2ccccc2)CC1. The Morgan fingerprint density at radius 3 is 2.65 bits per heavy atom. The molecule has 1 unspecified atom stereocenters. The fraction of sp³-hybridized carbons (Fsp3) is 0.381. The summed E-state index contributed by atoms with van der Waals surface area (Å²) in [5, 5.41) is 13.1. The molecule has 0 spiro atoms. The summed E-state index contributed by atoms with van der Waals surface area (Å²) in [5.74, 6) is 0.645. The molecule has 1 fully saturated rings. The summed E-state index contributed by atoms with van der Waals surface area (Å²) in [6, 6.07) is 17.2. The number of benzene rings is 2. The zero-order valence-corrected chi connectivity index (χ0v) is 15.1. The quantitative estimate of drug-likeness (QED) is 0.871. The van der Waals surface area contributed by atoms with Crippen molar-refractivity contribution in [2.75, 3.05) is 18.4 Å². The molecule has 1 saturated heterocycles. The fourth-order valence-electron chi connectivity index (χ4n) is 3.09. The van der Waals surface area contributed by atoms with Crippen molar-refractivity contribution in [3.63, 3.8) is 0 Å². The average Bonchev–Trinajstić information content (AvgIpc) is 2.82. The molecule has 1 atom stereocenters. The van der Waals surface area contributed by atoms with Crippen molar-refractivity contribution in [1.29, 1.82) is 0 Å². The molecule has 1 aliphatic rings. The van der Waals surface area contributed by atoms with Gasteiger partial charge in [-0.25, -0.2) is 4.79 Å². The summed E-state index contributed by atoms with van der Waals surface area (Å²) < 4.78 is 5.90. The normalized spacial score (nSPS) is 20.3. The molecule has 26 heavy (non-hydrogen) atoms. The summed E-state index contributed by atoms with van der Waals surface area (Å²) in [4.78, 5) is 14.4. The first-order valence-corrected chi connectivity index (χ1v) is 9.08. The van der Waals surface area contributed by atoms with Gasteiger partial charge in [0.1, 0.15) is 12.4 Å². The number of ether oxygens (including phenoxy) is 1. The smallest absolute Gasteiger partial charge is 0.321 e. The van der Waals surface area contributed by atoms with Crippen molar-refractivity contribution in [2.24, 2.45) is 0 Å². The van der Waals surface area contributed by atoms with Crippen LogP contribution in [0.5, 0.6) is 5.75 Å². The Hall–Kier alpha value is -2.53. The third-order valence-electron chi connectivity index (χ3n) is 4.72. The third kappa shape index (κ3) is 4.99. The van der Waals surface area contributed by atoms with E-state index in [1.54, 1.807) is 4.90 Å². The molecule has 2 N–H and O–H groups in total. The minimum absolute atomic E-state index is 0.154. The zero-order chi connectivity index (χ0) is 18.4. The Kier molecular flexibility index (Phi) is 5.78. The van der Waals surface area contributed by atoms with Crippen molar-refractivity contribution in [3.8, 4) is 5.75 Å². The van der Waals surface area contributed by atoms with Crippen LogP contribution in [0.25, 0.3) is 0 Å². The van der Waals surface area contributed by atoms with Crippen molar-refractivity contribution in [1.82, 2.24) is 4.90 Å². The van der Waals surface area contributed by atoms with E-state index in [4.69, 9.17) is 4.74 Å². The number of hydrogen-bond acceptors (Lipinski definition) is 3. The molecule has 1 heterocycles. The van der Waals surface area contributed by atoms with Gasteiger partial charge in [-0.15, -0.1) is 0 Å². The number of hydrogen-bond donors (Lipinski definition) is 2. The number of carbonyl (C=O) groups is 1. The molecule has 0 aliphatic carbocycles. The topological polar surface area (TPSA) is 61.8 Å². The molecule has 2 aromatic rings. The first-order chi connectivity index (χ1) is 12.5. The molecule has 0 saturated carbocycles. The second-order valence-corrected chi connectivity index (χ2v) is 7.04. The van der Waals surface area contributed by atoms with E-state index in [0.29, 0.717) is 44.0 Å². The molecule has 2 amide bonds. The average molecular weight is 354 g/mol. The standard InChI is InChI=1S/C21H26N2O3/c1-21(25)12-7-14-23(15-13-21)20(24)22-18-10-5-6-11-19(18)26-16-17-8-3-2-4-9-17/h2-6,8-11,25H,7,12-16H2,1H3,(H,22,24). The Morgan fingerprint density at radius 1 is 1.12 bits per heavy atom. The lowest BCUT2D eigenvalue weighted by Gasteiger charge is -2.23. The van der Waals surface area contributed by atoms with Gasteiger partial charge in [-0.05, 0) is 43.9 Å². The van der Waals surface area contributed by atoms with Crippen LogP contribution >= 0.6 is 0 Å². The highest BCUT2D eigenvalue weighted by Crippen LogP contribution is 2.26. The number of rotatable bonds is 4. The third-order valence-corrected chi connectivity index (χ3v) is 4.72. The van der Waals surface area contributed by atoms with Crippen LogP contribution in [0.3, 0.4) is 0 Å². The lowest BCUT2D eigenvalue weighted by atomic mass is 9.98. The molecule has 0 bridgehead atoms. The molecular weight excluding hydrogens is 328 g/mol. The summed E-state index contributed by atoms with van der Waals surface area (Å²) in [6.45, 7) is 3.47. The Bertz CT molecular complexity index is 731. The summed E-state index contributed by atoms with van der Waals surface area (Å²) in [7, 11) is 0. The number of carbonyl (C=O) groups excluding carboxylic acids is 1. The number of para-hydroxylation sites is 2. The fourth-order valence-corrected chi connectivity index (χ4v) is 3.09. The van der Waals surface area contributed by atoms with Crippen molar-refractivity contribution in [2.45, 2.75) is 38.4 Å². The summed E-state index contributed by atoms with van der Waals surface area (Å²) in [5.41, 5.74) is 1.04. The molecule has 138 valence electrons. The Morgan fingerprint density at radius 2 is 1.85 bits per heavy atom. The van der Waals surface area contributed by atoms with Gasteiger partial charge < -0.3 is 20.1 Å². The molecule has 1 aliphatic heterocycles. The molecule has 5 heteroatoms. The molecular formula is C21H26N2O3. The second-order valence-electron chi connectivity index (χ2n) is 7.04. The second kappa shape index (κ2) is 8.23. The van der Waals surface area contributed by atoms with E-state index in [-0.39, 0.29) is 6.03 Å². The maximum Gasteiger partial charge on any atom is 0.321 e. The Labute approximate surface area is 154 Å². The van der Waals surface area contributed by atoms with E-state index in [1.807, 2.05) is 61.5 Å². The number of nitrogens with one attached hydrogen (secondary N) is 1.